The van der Waals surface area contributed by atoms with E-state index in [0.717, 1.165) is 27.8 Å². The maximum absolute atomic E-state index is 10.1. The Morgan fingerprint density at radius 2 is 1.59 bits per heavy atom. The third-order valence-corrected chi connectivity index (χ3v) is 3.03. The molecule has 2 aromatic rings. The number of benzene rings is 2. The normalized spacial score (nSPS) is 10.5. The number of aromatic hydroxyl groups is 2. The number of phenolic OH excluding ortho intramolecular Hbond substituents is 2. The van der Waals surface area contributed by atoms with Crippen LogP contribution in [0.25, 0.3) is 11.1 Å². The van der Waals surface area contributed by atoms with E-state index in [1.165, 1.54) is 0 Å². The number of aryl methyl sites for hydroxylation is 2. The zero-order valence-corrected chi connectivity index (χ0v) is 10.3. The summed E-state index contributed by atoms with van der Waals surface area (Å²) < 4.78 is 0. The average molecular weight is 228 g/mol. The van der Waals surface area contributed by atoms with Crippen molar-refractivity contribution in [1.82, 2.24) is 0 Å². The van der Waals surface area contributed by atoms with Crippen molar-refractivity contribution >= 4 is 0 Å². The molecule has 0 spiro atoms. The van der Waals surface area contributed by atoms with Crippen LogP contribution in [0.3, 0.4) is 0 Å². The molecule has 0 atom stereocenters. The maximum atomic E-state index is 10.1. The van der Waals surface area contributed by atoms with E-state index >= 15 is 0 Å². The van der Waals surface area contributed by atoms with E-state index in [-0.39, 0.29) is 11.5 Å². The van der Waals surface area contributed by atoms with E-state index in [1.807, 2.05) is 32.9 Å². The van der Waals surface area contributed by atoms with Crippen molar-refractivity contribution < 1.29 is 10.2 Å². The van der Waals surface area contributed by atoms with Gasteiger partial charge in [-0.2, -0.15) is 0 Å². The number of phenols is 2. The second kappa shape index (κ2) is 4.13. The Bertz CT molecular complexity index is 548. The quantitative estimate of drug-likeness (QED) is 0.781. The molecule has 0 aromatic heterocycles. The predicted octanol–water partition coefficient (Wildman–Crippen LogP) is 3.69. The van der Waals surface area contributed by atoms with Crippen LogP contribution in [-0.2, 0) is 0 Å². The third-order valence-electron chi connectivity index (χ3n) is 3.03. The Kier molecular flexibility index (Phi) is 2.80. The van der Waals surface area contributed by atoms with Crippen molar-refractivity contribution in [1.29, 1.82) is 0 Å². The van der Waals surface area contributed by atoms with Gasteiger partial charge in [0.05, 0.1) is 0 Å². The van der Waals surface area contributed by atoms with Crippen molar-refractivity contribution in [3.63, 3.8) is 0 Å². The van der Waals surface area contributed by atoms with Gasteiger partial charge in [-0.1, -0.05) is 18.2 Å². The summed E-state index contributed by atoms with van der Waals surface area (Å²) in [5.41, 5.74) is 4.50. The Morgan fingerprint density at radius 1 is 0.882 bits per heavy atom. The molecule has 2 aromatic carbocycles. The molecule has 2 rings (SSSR count). The fourth-order valence-corrected chi connectivity index (χ4v) is 2.19. The highest BCUT2D eigenvalue weighted by atomic mass is 16.3. The van der Waals surface area contributed by atoms with Crippen LogP contribution in [0, 0.1) is 20.8 Å². The van der Waals surface area contributed by atoms with Gasteiger partial charge in [0.2, 0.25) is 0 Å². The summed E-state index contributed by atoms with van der Waals surface area (Å²) in [6.07, 6.45) is 0. The molecule has 2 nitrogen and oxygen atoms in total. The molecule has 0 aliphatic carbocycles. The summed E-state index contributed by atoms with van der Waals surface area (Å²) in [6.45, 7) is 5.76. The largest absolute Gasteiger partial charge is 0.508 e. The van der Waals surface area contributed by atoms with E-state index in [2.05, 4.69) is 0 Å². The molecule has 0 bridgehead atoms. The molecule has 0 saturated carbocycles. The fourth-order valence-electron chi connectivity index (χ4n) is 2.19. The highest BCUT2D eigenvalue weighted by Crippen LogP contribution is 2.37. The van der Waals surface area contributed by atoms with E-state index < -0.39 is 0 Å². The van der Waals surface area contributed by atoms with Crippen molar-refractivity contribution in [3.05, 3.63) is 47.0 Å². The Labute approximate surface area is 101 Å². The lowest BCUT2D eigenvalue weighted by molar-refractivity contribution is 0.470. The molecule has 0 radical (unpaired) electrons. The molecule has 17 heavy (non-hydrogen) atoms. The average Bonchev–Trinajstić information content (AvgIpc) is 2.23. The van der Waals surface area contributed by atoms with Crippen LogP contribution < -0.4 is 0 Å². The maximum Gasteiger partial charge on any atom is 0.123 e. The number of hydrogen-bond donors (Lipinski definition) is 2. The zero-order chi connectivity index (χ0) is 12.6. The van der Waals surface area contributed by atoms with E-state index in [0.29, 0.717) is 0 Å². The lowest BCUT2D eigenvalue weighted by Gasteiger charge is -2.13. The first-order chi connectivity index (χ1) is 8.00. The molecule has 0 fully saturated rings. The first-order valence-corrected chi connectivity index (χ1v) is 5.60. The molecule has 0 unspecified atom stereocenters. The minimum Gasteiger partial charge on any atom is -0.508 e. The fraction of sp³-hybridized carbons (Fsp3) is 0.200. The molecule has 0 amide bonds. The van der Waals surface area contributed by atoms with Crippen LogP contribution in [0.4, 0.5) is 0 Å². The molecule has 0 heterocycles. The van der Waals surface area contributed by atoms with E-state index in [9.17, 15) is 10.2 Å². The van der Waals surface area contributed by atoms with Crippen LogP contribution in [0.5, 0.6) is 11.5 Å². The molecular weight excluding hydrogens is 212 g/mol. The molecular formula is C15H16O2. The Hall–Kier alpha value is -1.96. The lowest BCUT2D eigenvalue weighted by atomic mass is 9.94. The molecule has 88 valence electrons. The van der Waals surface area contributed by atoms with Gasteiger partial charge in [-0.15, -0.1) is 0 Å². The van der Waals surface area contributed by atoms with Gasteiger partial charge in [0.15, 0.2) is 0 Å². The SMILES string of the molecule is Cc1cc(C)c(-c2cccc(O)c2C)c(O)c1. The van der Waals surface area contributed by atoms with E-state index in [4.69, 9.17) is 0 Å². The van der Waals surface area contributed by atoms with Gasteiger partial charge in [-0.3, -0.25) is 0 Å². The summed E-state index contributed by atoms with van der Waals surface area (Å²) in [5.74, 6) is 0.512. The monoisotopic (exact) mass is 228 g/mol. The van der Waals surface area contributed by atoms with Crippen LogP contribution >= 0.6 is 0 Å². The number of rotatable bonds is 1. The first kappa shape index (κ1) is 11.5. The van der Waals surface area contributed by atoms with Gasteiger partial charge in [0.25, 0.3) is 0 Å². The molecule has 2 heteroatoms. The van der Waals surface area contributed by atoms with Crippen molar-refractivity contribution in [3.8, 4) is 22.6 Å². The number of hydrogen-bond acceptors (Lipinski definition) is 2. The van der Waals surface area contributed by atoms with Crippen molar-refractivity contribution in [2.24, 2.45) is 0 Å². The molecule has 0 saturated heterocycles. The molecule has 0 aliphatic heterocycles. The highest BCUT2D eigenvalue weighted by Gasteiger charge is 2.12. The Morgan fingerprint density at radius 3 is 2.24 bits per heavy atom. The van der Waals surface area contributed by atoms with Gasteiger partial charge < -0.3 is 10.2 Å². The van der Waals surface area contributed by atoms with Gasteiger partial charge >= 0.3 is 0 Å². The minimum atomic E-state index is 0.252. The first-order valence-electron chi connectivity index (χ1n) is 5.60. The van der Waals surface area contributed by atoms with Crippen molar-refractivity contribution in [2.45, 2.75) is 20.8 Å². The summed E-state index contributed by atoms with van der Waals surface area (Å²) >= 11 is 0. The second-order valence-corrected chi connectivity index (χ2v) is 4.43. The molecule has 2 N–H and O–H groups in total. The summed E-state index contributed by atoms with van der Waals surface area (Å²) in [5, 5.41) is 19.8. The van der Waals surface area contributed by atoms with Crippen LogP contribution in [0.2, 0.25) is 0 Å². The van der Waals surface area contributed by atoms with Gasteiger partial charge in [-0.25, -0.2) is 0 Å². The van der Waals surface area contributed by atoms with Gasteiger partial charge in [-0.05, 0) is 55.2 Å². The van der Waals surface area contributed by atoms with Crippen LogP contribution in [0.1, 0.15) is 16.7 Å². The lowest BCUT2D eigenvalue weighted by Crippen LogP contribution is -1.89. The minimum absolute atomic E-state index is 0.252. The summed E-state index contributed by atoms with van der Waals surface area (Å²) in [6, 6.07) is 9.12. The molecule has 0 aliphatic rings. The van der Waals surface area contributed by atoms with E-state index in [1.54, 1.807) is 18.2 Å². The van der Waals surface area contributed by atoms with Gasteiger partial charge in [0, 0.05) is 5.56 Å². The predicted molar refractivity (Wildman–Crippen MR) is 69.4 cm³/mol. The standard InChI is InChI=1S/C15H16O2/c1-9-7-10(2)15(14(17)8-9)12-5-4-6-13(16)11(12)3/h4-8,16-17H,1-3H3. The summed E-state index contributed by atoms with van der Waals surface area (Å²) in [7, 11) is 0. The summed E-state index contributed by atoms with van der Waals surface area (Å²) in [4.78, 5) is 0. The van der Waals surface area contributed by atoms with Crippen LogP contribution in [-0.4, -0.2) is 10.2 Å². The highest BCUT2D eigenvalue weighted by molar-refractivity contribution is 5.77. The van der Waals surface area contributed by atoms with Crippen LogP contribution in [0.15, 0.2) is 30.3 Å². The smallest absolute Gasteiger partial charge is 0.123 e. The topological polar surface area (TPSA) is 40.5 Å². The second-order valence-electron chi connectivity index (χ2n) is 4.43. The zero-order valence-electron chi connectivity index (χ0n) is 10.3. The third kappa shape index (κ3) is 1.98. The van der Waals surface area contributed by atoms with Crippen molar-refractivity contribution in [2.75, 3.05) is 0 Å². The van der Waals surface area contributed by atoms with Gasteiger partial charge in [0.1, 0.15) is 11.5 Å². The Balaban J connectivity index is 2.73.